The second-order valence-electron chi connectivity index (χ2n) is 3.74. The molecule has 17 heavy (non-hydrogen) atoms. The first-order valence-electron chi connectivity index (χ1n) is 5.63. The van der Waals surface area contributed by atoms with Crippen LogP contribution in [0.4, 0.5) is 0 Å². The molecule has 0 saturated heterocycles. The van der Waals surface area contributed by atoms with E-state index in [1.54, 1.807) is 14.8 Å². The van der Waals surface area contributed by atoms with Gasteiger partial charge in [0.1, 0.15) is 0 Å². The average Bonchev–Trinajstić information content (AvgIpc) is 2.63. The lowest BCUT2D eigenvalue weighted by atomic mass is 10.3. The number of hydrogen-bond acceptors (Lipinski definition) is 4. The molecule has 0 fully saturated rings. The number of amides is 1. The molecular formula is C11H18N2O3S. The van der Waals surface area contributed by atoms with E-state index >= 15 is 0 Å². The van der Waals surface area contributed by atoms with Crippen molar-refractivity contribution in [2.75, 3.05) is 19.7 Å². The SMILES string of the molecule is CCN(CCO)C(=O)CCn1c(C)csc1=O. The molecule has 0 aromatic carbocycles. The molecule has 6 heteroatoms. The van der Waals surface area contributed by atoms with Gasteiger partial charge in [-0.1, -0.05) is 11.3 Å². The number of aliphatic hydroxyl groups is 1. The highest BCUT2D eigenvalue weighted by atomic mass is 32.1. The molecule has 0 aliphatic rings. The Morgan fingerprint density at radius 1 is 1.59 bits per heavy atom. The Kier molecular flexibility index (Phi) is 5.37. The predicted octanol–water partition coefficient (Wildman–Crippen LogP) is 0.449. The van der Waals surface area contributed by atoms with Gasteiger partial charge in [-0.15, -0.1) is 0 Å². The number of rotatable bonds is 6. The van der Waals surface area contributed by atoms with Gasteiger partial charge in [0, 0.05) is 37.1 Å². The lowest BCUT2D eigenvalue weighted by molar-refractivity contribution is -0.131. The number of aryl methyl sites for hydroxylation is 1. The molecule has 0 aliphatic carbocycles. The maximum atomic E-state index is 11.8. The summed E-state index contributed by atoms with van der Waals surface area (Å²) in [5.74, 6) is -0.0287. The Bertz CT molecular complexity index is 425. The van der Waals surface area contributed by atoms with E-state index in [4.69, 9.17) is 5.11 Å². The van der Waals surface area contributed by atoms with Gasteiger partial charge in [-0.25, -0.2) is 0 Å². The van der Waals surface area contributed by atoms with Crippen LogP contribution in [0.1, 0.15) is 19.0 Å². The fourth-order valence-corrected chi connectivity index (χ4v) is 2.38. The standard InChI is InChI=1S/C11H18N2O3S/c1-3-12(6-7-14)10(15)4-5-13-9(2)8-17-11(13)16/h8,14H,3-7H2,1-2H3. The van der Waals surface area contributed by atoms with E-state index in [0.717, 1.165) is 17.0 Å². The highest BCUT2D eigenvalue weighted by molar-refractivity contribution is 7.07. The number of aromatic nitrogens is 1. The molecule has 1 aromatic heterocycles. The van der Waals surface area contributed by atoms with Crippen molar-refractivity contribution in [3.8, 4) is 0 Å². The number of carbonyl (C=O) groups is 1. The molecule has 1 heterocycles. The molecule has 0 saturated carbocycles. The molecule has 0 radical (unpaired) electrons. The van der Waals surface area contributed by atoms with Gasteiger partial charge in [0.15, 0.2) is 0 Å². The summed E-state index contributed by atoms with van der Waals surface area (Å²) in [5, 5.41) is 10.6. The van der Waals surface area contributed by atoms with Gasteiger partial charge in [-0.05, 0) is 13.8 Å². The zero-order valence-corrected chi connectivity index (χ0v) is 11.0. The van der Waals surface area contributed by atoms with Crippen molar-refractivity contribution in [3.05, 3.63) is 20.7 Å². The average molecular weight is 258 g/mol. The number of aliphatic hydroxyl groups excluding tert-OH is 1. The first-order chi connectivity index (χ1) is 8.10. The molecule has 96 valence electrons. The van der Waals surface area contributed by atoms with Gasteiger partial charge in [-0.2, -0.15) is 0 Å². The summed E-state index contributed by atoms with van der Waals surface area (Å²) < 4.78 is 1.61. The van der Waals surface area contributed by atoms with Crippen LogP contribution < -0.4 is 4.87 Å². The Morgan fingerprint density at radius 2 is 2.29 bits per heavy atom. The van der Waals surface area contributed by atoms with E-state index in [-0.39, 0.29) is 17.4 Å². The molecular weight excluding hydrogens is 240 g/mol. The third-order valence-corrected chi connectivity index (χ3v) is 3.51. The molecule has 0 atom stereocenters. The van der Waals surface area contributed by atoms with Crippen molar-refractivity contribution in [2.24, 2.45) is 0 Å². The van der Waals surface area contributed by atoms with E-state index in [1.807, 2.05) is 13.8 Å². The largest absolute Gasteiger partial charge is 0.395 e. The van der Waals surface area contributed by atoms with Crippen LogP contribution in [0.15, 0.2) is 10.2 Å². The first-order valence-corrected chi connectivity index (χ1v) is 6.51. The molecule has 0 aliphatic heterocycles. The Morgan fingerprint density at radius 3 is 2.76 bits per heavy atom. The van der Waals surface area contributed by atoms with Crippen LogP contribution >= 0.6 is 11.3 Å². The second-order valence-corrected chi connectivity index (χ2v) is 4.56. The number of likely N-dealkylation sites (N-methyl/N-ethyl adjacent to an activating group) is 1. The van der Waals surface area contributed by atoms with Crippen LogP contribution in [0.2, 0.25) is 0 Å². The van der Waals surface area contributed by atoms with Crippen molar-refractivity contribution < 1.29 is 9.90 Å². The van der Waals surface area contributed by atoms with Gasteiger partial charge in [-0.3, -0.25) is 9.59 Å². The highest BCUT2D eigenvalue weighted by Crippen LogP contribution is 2.02. The quantitative estimate of drug-likeness (QED) is 0.806. The second kappa shape index (κ2) is 6.56. The fourth-order valence-electron chi connectivity index (χ4n) is 1.62. The van der Waals surface area contributed by atoms with E-state index in [9.17, 15) is 9.59 Å². The molecule has 1 amide bonds. The van der Waals surface area contributed by atoms with Gasteiger partial charge in [0.05, 0.1) is 6.61 Å². The number of hydrogen-bond donors (Lipinski definition) is 1. The molecule has 1 N–H and O–H groups in total. The van der Waals surface area contributed by atoms with E-state index in [0.29, 0.717) is 26.1 Å². The van der Waals surface area contributed by atoms with Crippen LogP contribution in [0.5, 0.6) is 0 Å². The summed E-state index contributed by atoms with van der Waals surface area (Å²) in [5.41, 5.74) is 0.887. The van der Waals surface area contributed by atoms with Gasteiger partial charge in [0.25, 0.3) is 0 Å². The molecule has 1 rings (SSSR count). The first kappa shape index (κ1) is 13.9. The minimum absolute atomic E-state index is 0.0273. The van der Waals surface area contributed by atoms with E-state index in [1.165, 1.54) is 0 Å². The van der Waals surface area contributed by atoms with Crippen molar-refractivity contribution in [1.82, 2.24) is 9.47 Å². The third-order valence-electron chi connectivity index (χ3n) is 2.63. The summed E-state index contributed by atoms with van der Waals surface area (Å²) in [4.78, 5) is 24.8. The smallest absolute Gasteiger partial charge is 0.307 e. The number of nitrogens with zero attached hydrogens (tertiary/aromatic N) is 2. The molecule has 5 nitrogen and oxygen atoms in total. The minimum atomic E-state index is -0.0307. The highest BCUT2D eigenvalue weighted by Gasteiger charge is 2.12. The van der Waals surface area contributed by atoms with Crippen LogP contribution in [-0.2, 0) is 11.3 Å². The van der Waals surface area contributed by atoms with Crippen molar-refractivity contribution in [3.63, 3.8) is 0 Å². The maximum Gasteiger partial charge on any atom is 0.307 e. The lowest BCUT2D eigenvalue weighted by Gasteiger charge is -2.19. The van der Waals surface area contributed by atoms with Gasteiger partial charge in [0.2, 0.25) is 5.91 Å². The van der Waals surface area contributed by atoms with Crippen LogP contribution in [0, 0.1) is 6.92 Å². The van der Waals surface area contributed by atoms with Crippen LogP contribution in [-0.4, -0.2) is 40.2 Å². The fraction of sp³-hybridized carbons (Fsp3) is 0.636. The monoisotopic (exact) mass is 258 g/mol. The third kappa shape index (κ3) is 3.67. The van der Waals surface area contributed by atoms with E-state index < -0.39 is 0 Å². The summed E-state index contributed by atoms with van der Waals surface area (Å²) in [7, 11) is 0. The molecule has 0 bridgehead atoms. The van der Waals surface area contributed by atoms with Crippen LogP contribution in [0.25, 0.3) is 0 Å². The van der Waals surface area contributed by atoms with Crippen molar-refractivity contribution >= 4 is 17.2 Å². The minimum Gasteiger partial charge on any atom is -0.395 e. The number of carbonyl (C=O) groups excluding carboxylic acids is 1. The van der Waals surface area contributed by atoms with E-state index in [2.05, 4.69) is 0 Å². The molecule has 1 aromatic rings. The normalized spacial score (nSPS) is 10.5. The summed E-state index contributed by atoms with van der Waals surface area (Å²) in [6.45, 7) is 5.04. The van der Waals surface area contributed by atoms with Crippen molar-refractivity contribution in [2.45, 2.75) is 26.8 Å². The number of thiazole rings is 1. The summed E-state index contributed by atoms with van der Waals surface area (Å²) in [6.07, 6.45) is 0.297. The lowest BCUT2D eigenvalue weighted by Crippen LogP contribution is -2.34. The predicted molar refractivity (Wildman–Crippen MR) is 67.3 cm³/mol. The summed E-state index contributed by atoms with van der Waals surface area (Å²) >= 11 is 1.15. The zero-order chi connectivity index (χ0) is 12.8. The molecule has 0 unspecified atom stereocenters. The van der Waals surface area contributed by atoms with Gasteiger partial charge >= 0.3 is 4.87 Å². The zero-order valence-electron chi connectivity index (χ0n) is 10.2. The Balaban J connectivity index is 2.56. The van der Waals surface area contributed by atoms with Crippen molar-refractivity contribution in [1.29, 1.82) is 0 Å². The Hall–Kier alpha value is -1.14. The maximum absolute atomic E-state index is 11.8. The summed E-state index contributed by atoms with van der Waals surface area (Å²) in [6, 6.07) is 0. The van der Waals surface area contributed by atoms with Gasteiger partial charge < -0.3 is 14.6 Å². The van der Waals surface area contributed by atoms with Crippen LogP contribution in [0.3, 0.4) is 0 Å². The topological polar surface area (TPSA) is 62.5 Å². The Labute approximate surface area is 104 Å². The molecule has 0 spiro atoms.